The summed E-state index contributed by atoms with van der Waals surface area (Å²) < 4.78 is 1.73. The molecule has 2 aromatic rings. The predicted molar refractivity (Wildman–Crippen MR) is 102 cm³/mol. The van der Waals surface area contributed by atoms with Gasteiger partial charge in [-0.1, -0.05) is 32.0 Å². The van der Waals surface area contributed by atoms with Gasteiger partial charge >= 0.3 is 0 Å². The summed E-state index contributed by atoms with van der Waals surface area (Å²) in [6.07, 6.45) is 3.44. The summed E-state index contributed by atoms with van der Waals surface area (Å²) in [7, 11) is 0. The molecule has 1 saturated heterocycles. The first-order valence-electron chi connectivity index (χ1n) is 8.91. The van der Waals surface area contributed by atoms with Crippen molar-refractivity contribution in [1.82, 2.24) is 4.57 Å². The molecule has 2 N–H and O–H groups in total. The largest absolute Gasteiger partial charge is 0.321 e. The molecule has 0 spiro atoms. The highest BCUT2D eigenvalue weighted by atomic mass is 32.2. The van der Waals surface area contributed by atoms with E-state index in [9.17, 15) is 9.59 Å². The third-order valence-corrected chi connectivity index (χ3v) is 7.25. The molecule has 4 rings (SSSR count). The molecule has 2 aliphatic rings. The SMILES string of the molecule is CC1(C)C[C@@H]2SCC[C@H](N)C(=O)C2C1C(=O)n1ccc2ccccc21. The van der Waals surface area contributed by atoms with E-state index in [0.29, 0.717) is 6.42 Å². The lowest BCUT2D eigenvalue weighted by Crippen LogP contribution is -2.43. The van der Waals surface area contributed by atoms with E-state index in [1.807, 2.05) is 48.3 Å². The van der Waals surface area contributed by atoms with E-state index in [-0.39, 0.29) is 34.2 Å². The van der Waals surface area contributed by atoms with Crippen LogP contribution < -0.4 is 5.73 Å². The molecule has 25 heavy (non-hydrogen) atoms. The van der Waals surface area contributed by atoms with Crippen LogP contribution in [0.25, 0.3) is 10.9 Å². The van der Waals surface area contributed by atoms with Gasteiger partial charge in [0, 0.05) is 22.8 Å². The van der Waals surface area contributed by atoms with Crippen LogP contribution in [-0.2, 0) is 4.79 Å². The number of hydrogen-bond acceptors (Lipinski definition) is 4. The van der Waals surface area contributed by atoms with Gasteiger partial charge in [-0.15, -0.1) is 0 Å². The van der Waals surface area contributed by atoms with Crippen LogP contribution in [0.15, 0.2) is 36.5 Å². The Morgan fingerprint density at radius 2 is 2.04 bits per heavy atom. The summed E-state index contributed by atoms with van der Waals surface area (Å²) in [4.78, 5) is 26.5. The lowest BCUT2D eigenvalue weighted by molar-refractivity contribution is -0.125. The van der Waals surface area contributed by atoms with E-state index < -0.39 is 6.04 Å². The maximum absolute atomic E-state index is 13.5. The molecule has 1 aliphatic carbocycles. The maximum Gasteiger partial charge on any atom is 0.235 e. The highest BCUT2D eigenvalue weighted by Gasteiger charge is 2.56. The van der Waals surface area contributed by atoms with Crippen molar-refractivity contribution in [1.29, 1.82) is 0 Å². The van der Waals surface area contributed by atoms with Gasteiger partial charge in [0.2, 0.25) is 5.91 Å². The Morgan fingerprint density at radius 1 is 1.28 bits per heavy atom. The molecule has 132 valence electrons. The number of carbonyl (C=O) groups excluding carboxylic acids is 2. The second-order valence-corrected chi connectivity index (χ2v) is 9.33. The zero-order valence-electron chi connectivity index (χ0n) is 14.6. The van der Waals surface area contributed by atoms with E-state index in [0.717, 1.165) is 23.1 Å². The Hall–Kier alpha value is -1.59. The number of nitrogens with zero attached hydrogens (tertiary/aromatic N) is 1. The van der Waals surface area contributed by atoms with Crippen LogP contribution in [0.2, 0.25) is 0 Å². The molecular weight excluding hydrogens is 332 g/mol. The Morgan fingerprint density at radius 3 is 2.84 bits per heavy atom. The standard InChI is InChI=1S/C20H24N2O2S/c1-20(2)11-15-16(18(23)13(21)8-10-25-15)17(20)19(24)22-9-7-12-5-3-4-6-14(12)22/h3-7,9,13,15-17H,8,10-11,21H2,1-2H3/t13-,15-,16?,17?/m0/s1. The quantitative estimate of drug-likeness (QED) is 0.851. The highest BCUT2D eigenvalue weighted by molar-refractivity contribution is 7.99. The molecular formula is C20H24N2O2S. The summed E-state index contributed by atoms with van der Waals surface area (Å²) >= 11 is 1.82. The van der Waals surface area contributed by atoms with Gasteiger partial charge in [-0.3, -0.25) is 14.2 Å². The third-order valence-electron chi connectivity index (χ3n) is 5.89. The average molecular weight is 356 g/mol. The van der Waals surface area contributed by atoms with Crippen LogP contribution >= 0.6 is 11.8 Å². The van der Waals surface area contributed by atoms with Crippen molar-refractivity contribution in [3.63, 3.8) is 0 Å². The van der Waals surface area contributed by atoms with Gasteiger partial charge in [-0.2, -0.15) is 11.8 Å². The predicted octanol–water partition coefficient (Wildman–Crippen LogP) is 3.35. The van der Waals surface area contributed by atoms with Gasteiger partial charge in [0.25, 0.3) is 0 Å². The van der Waals surface area contributed by atoms with Crippen LogP contribution in [0.5, 0.6) is 0 Å². The number of nitrogens with two attached hydrogens (primary N) is 1. The second-order valence-electron chi connectivity index (χ2n) is 7.99. The average Bonchev–Trinajstić information content (AvgIpc) is 3.08. The summed E-state index contributed by atoms with van der Waals surface area (Å²) in [5.41, 5.74) is 6.81. The van der Waals surface area contributed by atoms with Crippen LogP contribution in [-0.4, -0.2) is 33.3 Å². The van der Waals surface area contributed by atoms with E-state index in [1.54, 1.807) is 4.57 Å². The number of ketones is 1. The molecule has 1 aromatic carbocycles. The first-order chi connectivity index (χ1) is 11.9. The highest BCUT2D eigenvalue weighted by Crippen LogP contribution is 2.53. The molecule has 2 fully saturated rings. The molecule has 4 atom stereocenters. The molecule has 1 saturated carbocycles. The van der Waals surface area contributed by atoms with E-state index in [4.69, 9.17) is 5.73 Å². The lowest BCUT2D eigenvalue weighted by atomic mass is 9.75. The Labute approximate surface area is 152 Å². The number of Topliss-reactive ketones (excluding diaryl/α,β-unsaturated/α-hetero) is 1. The fourth-order valence-electron chi connectivity index (χ4n) is 4.63. The molecule has 0 radical (unpaired) electrons. The first-order valence-corrected chi connectivity index (χ1v) is 9.96. The molecule has 2 heterocycles. The number of fused-ring (bicyclic) bond motifs is 2. The minimum absolute atomic E-state index is 0.0294. The number of thioether (sulfide) groups is 1. The molecule has 0 amide bonds. The van der Waals surface area contributed by atoms with Gasteiger partial charge in [-0.05, 0) is 36.1 Å². The lowest BCUT2D eigenvalue weighted by Gasteiger charge is -2.30. The van der Waals surface area contributed by atoms with Crippen LogP contribution in [0.3, 0.4) is 0 Å². The summed E-state index contributed by atoms with van der Waals surface area (Å²) in [5.74, 6) is 0.415. The zero-order valence-corrected chi connectivity index (χ0v) is 15.5. The summed E-state index contributed by atoms with van der Waals surface area (Å²) in [6, 6.07) is 9.40. The van der Waals surface area contributed by atoms with Crippen molar-refractivity contribution in [3.05, 3.63) is 36.5 Å². The van der Waals surface area contributed by atoms with Crippen LogP contribution in [0, 0.1) is 17.3 Å². The molecule has 5 heteroatoms. The molecule has 2 unspecified atom stereocenters. The molecule has 1 aliphatic heterocycles. The minimum atomic E-state index is -0.437. The van der Waals surface area contributed by atoms with Gasteiger partial charge in [0.05, 0.1) is 17.5 Å². The normalized spacial score (nSPS) is 31.7. The van der Waals surface area contributed by atoms with Crippen molar-refractivity contribution < 1.29 is 9.59 Å². The second kappa shape index (κ2) is 5.99. The van der Waals surface area contributed by atoms with Crippen molar-refractivity contribution in [2.75, 3.05) is 5.75 Å². The number of rotatable bonds is 1. The van der Waals surface area contributed by atoms with Crippen LogP contribution in [0.1, 0.15) is 31.5 Å². The fourth-order valence-corrected chi connectivity index (χ4v) is 6.37. The Kier molecular flexibility index (Phi) is 4.04. The van der Waals surface area contributed by atoms with Crippen molar-refractivity contribution in [2.24, 2.45) is 23.0 Å². The fraction of sp³-hybridized carbons (Fsp3) is 0.500. The van der Waals surface area contributed by atoms with Crippen LogP contribution in [0.4, 0.5) is 0 Å². The summed E-state index contributed by atoms with van der Waals surface area (Å²) in [6.45, 7) is 4.24. The van der Waals surface area contributed by atoms with Gasteiger partial charge in [-0.25, -0.2) is 0 Å². The van der Waals surface area contributed by atoms with Gasteiger partial charge in [0.1, 0.15) is 0 Å². The molecule has 1 aromatic heterocycles. The van der Waals surface area contributed by atoms with E-state index in [2.05, 4.69) is 13.8 Å². The minimum Gasteiger partial charge on any atom is -0.321 e. The topological polar surface area (TPSA) is 65.1 Å². The number of hydrogen-bond donors (Lipinski definition) is 1. The maximum atomic E-state index is 13.5. The first kappa shape index (κ1) is 16.9. The van der Waals surface area contributed by atoms with Crippen molar-refractivity contribution in [2.45, 2.75) is 38.0 Å². The van der Waals surface area contributed by atoms with Crippen molar-refractivity contribution in [3.8, 4) is 0 Å². The monoisotopic (exact) mass is 356 g/mol. The Bertz CT molecular complexity index is 841. The Balaban J connectivity index is 1.78. The molecule has 4 nitrogen and oxygen atoms in total. The zero-order chi connectivity index (χ0) is 17.8. The van der Waals surface area contributed by atoms with Gasteiger partial charge < -0.3 is 5.73 Å². The number of aromatic nitrogens is 1. The van der Waals surface area contributed by atoms with Gasteiger partial charge in [0.15, 0.2) is 5.78 Å². The number of benzene rings is 1. The molecule has 0 bridgehead atoms. The van der Waals surface area contributed by atoms with Crippen molar-refractivity contribution >= 4 is 34.4 Å². The van der Waals surface area contributed by atoms with E-state index in [1.165, 1.54) is 0 Å². The third kappa shape index (κ3) is 2.64. The van der Waals surface area contributed by atoms with E-state index >= 15 is 0 Å². The number of para-hydroxylation sites is 1. The summed E-state index contributed by atoms with van der Waals surface area (Å²) in [5, 5.41) is 1.24. The smallest absolute Gasteiger partial charge is 0.235 e. The number of carbonyl (C=O) groups is 2.